The van der Waals surface area contributed by atoms with Gasteiger partial charge in [0, 0.05) is 0 Å². The first-order valence-electron chi connectivity index (χ1n) is 6.43. The molecule has 2 unspecified atom stereocenters. The fraction of sp³-hybridized carbons (Fsp3) is 0.636. The Hall–Kier alpha value is -2.24. The maximum Gasteiger partial charge on any atom is 0.328 e. The SMILES string of the molecule is CC(O)C(NC(=O)N[C@@H](C)c1nnc([C@@H](N)CO)o1)C(=O)O. The highest BCUT2D eigenvalue weighted by molar-refractivity contribution is 5.83. The molecule has 0 saturated carbocycles. The summed E-state index contributed by atoms with van der Waals surface area (Å²) in [6.45, 7) is 2.39. The van der Waals surface area contributed by atoms with Gasteiger partial charge in [0.1, 0.15) is 12.1 Å². The number of rotatable bonds is 7. The Bertz CT molecular complexity index is 519. The Labute approximate surface area is 125 Å². The first-order chi connectivity index (χ1) is 10.3. The second-order valence-corrected chi connectivity index (χ2v) is 4.66. The summed E-state index contributed by atoms with van der Waals surface area (Å²) in [6.07, 6.45) is -1.27. The summed E-state index contributed by atoms with van der Waals surface area (Å²) < 4.78 is 5.18. The van der Waals surface area contributed by atoms with Crippen LogP contribution in [-0.4, -0.2) is 56.3 Å². The third-order valence-electron chi connectivity index (χ3n) is 2.72. The van der Waals surface area contributed by atoms with E-state index in [4.69, 9.17) is 20.4 Å². The van der Waals surface area contributed by atoms with Gasteiger partial charge in [0.25, 0.3) is 0 Å². The lowest BCUT2D eigenvalue weighted by Crippen LogP contribution is -2.51. The van der Waals surface area contributed by atoms with Crippen LogP contribution < -0.4 is 16.4 Å². The van der Waals surface area contributed by atoms with Gasteiger partial charge in [0.15, 0.2) is 6.04 Å². The number of hydrogen-bond acceptors (Lipinski definition) is 8. The van der Waals surface area contributed by atoms with Crippen LogP contribution in [0.3, 0.4) is 0 Å². The Morgan fingerprint density at radius 1 is 1.27 bits per heavy atom. The van der Waals surface area contributed by atoms with Gasteiger partial charge in [-0.2, -0.15) is 0 Å². The molecule has 4 atom stereocenters. The van der Waals surface area contributed by atoms with E-state index < -0.39 is 36.2 Å². The minimum absolute atomic E-state index is 0.0129. The summed E-state index contributed by atoms with van der Waals surface area (Å²) >= 11 is 0. The van der Waals surface area contributed by atoms with Gasteiger partial charge in [-0.25, -0.2) is 9.59 Å². The van der Waals surface area contributed by atoms with Crippen molar-refractivity contribution in [3.8, 4) is 0 Å². The molecule has 11 nitrogen and oxygen atoms in total. The number of aromatic nitrogens is 2. The van der Waals surface area contributed by atoms with E-state index in [2.05, 4.69) is 20.8 Å². The van der Waals surface area contributed by atoms with E-state index in [-0.39, 0.29) is 18.4 Å². The van der Waals surface area contributed by atoms with Gasteiger partial charge < -0.3 is 36.1 Å². The Morgan fingerprint density at radius 3 is 2.36 bits per heavy atom. The summed E-state index contributed by atoms with van der Waals surface area (Å²) in [5, 5.41) is 38.8. The number of aliphatic hydroxyl groups is 2. The average molecular weight is 317 g/mol. The van der Waals surface area contributed by atoms with Crippen LogP contribution >= 0.6 is 0 Å². The second-order valence-electron chi connectivity index (χ2n) is 4.66. The predicted octanol–water partition coefficient (Wildman–Crippen LogP) is -1.74. The summed E-state index contributed by atoms with van der Waals surface area (Å²) in [6, 6.07) is -3.83. The summed E-state index contributed by atoms with van der Waals surface area (Å²) in [5.74, 6) is -1.32. The highest BCUT2D eigenvalue weighted by Crippen LogP contribution is 2.14. The second kappa shape index (κ2) is 7.68. The molecule has 1 aromatic heterocycles. The molecule has 1 rings (SSSR count). The number of carbonyl (C=O) groups is 2. The molecule has 22 heavy (non-hydrogen) atoms. The van der Waals surface area contributed by atoms with E-state index in [0.29, 0.717) is 0 Å². The molecule has 1 heterocycles. The lowest BCUT2D eigenvalue weighted by atomic mass is 10.2. The molecule has 2 amide bonds. The first-order valence-corrected chi connectivity index (χ1v) is 6.43. The third kappa shape index (κ3) is 4.65. The van der Waals surface area contributed by atoms with Crippen LogP contribution in [0.15, 0.2) is 4.42 Å². The van der Waals surface area contributed by atoms with Gasteiger partial charge in [0.05, 0.1) is 12.7 Å². The largest absolute Gasteiger partial charge is 0.480 e. The molecule has 0 bridgehead atoms. The van der Waals surface area contributed by atoms with Crippen LogP contribution in [-0.2, 0) is 4.79 Å². The van der Waals surface area contributed by atoms with Crippen molar-refractivity contribution in [3.63, 3.8) is 0 Å². The zero-order chi connectivity index (χ0) is 16.9. The Balaban J connectivity index is 2.64. The van der Waals surface area contributed by atoms with Crippen molar-refractivity contribution < 1.29 is 29.3 Å². The molecule has 0 saturated heterocycles. The maximum atomic E-state index is 11.7. The molecular formula is C11H19N5O6. The smallest absolute Gasteiger partial charge is 0.328 e. The van der Waals surface area contributed by atoms with Crippen LogP contribution in [0.1, 0.15) is 37.7 Å². The number of aliphatic carboxylic acids is 1. The van der Waals surface area contributed by atoms with E-state index in [9.17, 15) is 14.7 Å². The zero-order valence-corrected chi connectivity index (χ0v) is 12.1. The van der Waals surface area contributed by atoms with Crippen molar-refractivity contribution in [2.75, 3.05) is 6.61 Å². The molecule has 0 radical (unpaired) electrons. The van der Waals surface area contributed by atoms with Gasteiger partial charge in [-0.05, 0) is 13.8 Å². The van der Waals surface area contributed by atoms with Crippen LogP contribution in [0.4, 0.5) is 4.79 Å². The first kappa shape index (κ1) is 17.8. The number of carboxylic acids is 1. The number of amides is 2. The molecular weight excluding hydrogens is 298 g/mol. The number of carbonyl (C=O) groups excluding carboxylic acids is 1. The van der Waals surface area contributed by atoms with Crippen molar-refractivity contribution in [3.05, 3.63) is 11.8 Å². The predicted molar refractivity (Wildman–Crippen MR) is 71.5 cm³/mol. The fourth-order valence-electron chi connectivity index (χ4n) is 1.48. The molecule has 0 fully saturated rings. The van der Waals surface area contributed by atoms with E-state index in [1.165, 1.54) is 13.8 Å². The minimum atomic E-state index is -1.45. The minimum Gasteiger partial charge on any atom is -0.480 e. The number of hydrogen-bond donors (Lipinski definition) is 6. The molecule has 0 aliphatic rings. The van der Waals surface area contributed by atoms with Crippen molar-refractivity contribution in [2.45, 2.75) is 38.1 Å². The molecule has 1 aromatic rings. The van der Waals surface area contributed by atoms with E-state index in [1.807, 2.05) is 0 Å². The number of carboxylic acid groups (broad SMARTS) is 1. The number of nitrogens with zero attached hydrogens (tertiary/aromatic N) is 2. The highest BCUT2D eigenvalue weighted by Gasteiger charge is 2.26. The lowest BCUT2D eigenvalue weighted by molar-refractivity contribution is -0.141. The standard InChI is InChI=1S/C11H19N5O6/c1-4(8-15-16-9(22-8)6(12)3-17)13-11(21)14-7(5(2)18)10(19)20/h4-7,17-18H,3,12H2,1-2H3,(H,19,20)(H2,13,14,21)/t4-,5?,6-,7?/m0/s1. The monoisotopic (exact) mass is 317 g/mol. The molecule has 0 aliphatic heterocycles. The summed E-state index contributed by atoms with van der Waals surface area (Å²) in [4.78, 5) is 22.6. The van der Waals surface area contributed by atoms with Gasteiger partial charge in [-0.15, -0.1) is 10.2 Å². The van der Waals surface area contributed by atoms with Crippen LogP contribution in [0.2, 0.25) is 0 Å². The zero-order valence-electron chi connectivity index (χ0n) is 12.1. The highest BCUT2D eigenvalue weighted by atomic mass is 16.4. The topological polar surface area (TPSA) is 184 Å². The quantitative estimate of drug-likeness (QED) is 0.339. The van der Waals surface area contributed by atoms with Crippen molar-refractivity contribution in [1.29, 1.82) is 0 Å². The van der Waals surface area contributed by atoms with Gasteiger partial charge in [-0.3, -0.25) is 0 Å². The van der Waals surface area contributed by atoms with E-state index in [0.717, 1.165) is 0 Å². The van der Waals surface area contributed by atoms with Crippen molar-refractivity contribution in [1.82, 2.24) is 20.8 Å². The third-order valence-corrected chi connectivity index (χ3v) is 2.72. The van der Waals surface area contributed by atoms with Crippen molar-refractivity contribution >= 4 is 12.0 Å². The van der Waals surface area contributed by atoms with Gasteiger partial charge >= 0.3 is 12.0 Å². The molecule has 0 aliphatic carbocycles. The fourth-order valence-corrected chi connectivity index (χ4v) is 1.48. The van der Waals surface area contributed by atoms with Crippen LogP contribution in [0.25, 0.3) is 0 Å². The average Bonchev–Trinajstić information content (AvgIpc) is 2.93. The molecule has 11 heteroatoms. The molecule has 124 valence electrons. The van der Waals surface area contributed by atoms with E-state index >= 15 is 0 Å². The number of nitrogens with two attached hydrogens (primary N) is 1. The van der Waals surface area contributed by atoms with Crippen molar-refractivity contribution in [2.24, 2.45) is 5.73 Å². The van der Waals surface area contributed by atoms with Gasteiger partial charge in [0.2, 0.25) is 11.8 Å². The summed E-state index contributed by atoms with van der Waals surface area (Å²) in [5.41, 5.74) is 5.50. The Morgan fingerprint density at radius 2 is 1.86 bits per heavy atom. The number of aliphatic hydroxyl groups excluding tert-OH is 2. The van der Waals surface area contributed by atoms with E-state index in [1.54, 1.807) is 0 Å². The molecule has 0 aromatic carbocycles. The van der Waals surface area contributed by atoms with Gasteiger partial charge in [-0.1, -0.05) is 0 Å². The maximum absolute atomic E-state index is 11.7. The number of nitrogens with one attached hydrogen (secondary N) is 2. The Kier molecular flexibility index (Phi) is 6.22. The van der Waals surface area contributed by atoms with Crippen LogP contribution in [0, 0.1) is 0 Å². The van der Waals surface area contributed by atoms with Crippen LogP contribution in [0.5, 0.6) is 0 Å². The summed E-state index contributed by atoms with van der Waals surface area (Å²) in [7, 11) is 0. The molecule has 0 spiro atoms. The number of urea groups is 1. The normalized spacial score (nSPS) is 16.4. The molecule has 7 N–H and O–H groups in total. The lowest BCUT2D eigenvalue weighted by Gasteiger charge is -2.18.